The van der Waals surface area contributed by atoms with Crippen LogP contribution in [0.2, 0.25) is 0 Å². The van der Waals surface area contributed by atoms with Crippen molar-refractivity contribution in [2.45, 2.75) is 45.4 Å². The summed E-state index contributed by atoms with van der Waals surface area (Å²) in [7, 11) is 0. The molecule has 0 unspecified atom stereocenters. The molecule has 0 saturated heterocycles. The molecule has 3 heteroatoms. The lowest BCUT2D eigenvalue weighted by Crippen LogP contribution is -2.26. The molecule has 0 fully saturated rings. The van der Waals surface area contributed by atoms with Gasteiger partial charge in [-0.1, -0.05) is 13.8 Å². The molecular weight excluding hydrogens is 210 g/mol. The lowest BCUT2D eigenvalue weighted by Gasteiger charge is -2.31. The summed E-state index contributed by atoms with van der Waals surface area (Å²) in [6, 6.07) is 4.25. The molecule has 1 aromatic rings. The van der Waals surface area contributed by atoms with E-state index in [1.165, 1.54) is 24.1 Å². The number of nitriles is 1. The van der Waals surface area contributed by atoms with Gasteiger partial charge in [0.15, 0.2) is 0 Å². The molecule has 0 radical (unpaired) electrons. The smallest absolute Gasteiger partial charge is 0.144 e. The zero-order valence-electron chi connectivity index (χ0n) is 10.8. The van der Waals surface area contributed by atoms with Gasteiger partial charge in [-0.15, -0.1) is 0 Å². The van der Waals surface area contributed by atoms with Crippen molar-refractivity contribution >= 4 is 5.82 Å². The molecule has 1 aliphatic carbocycles. The van der Waals surface area contributed by atoms with Crippen LogP contribution in [-0.2, 0) is 11.8 Å². The van der Waals surface area contributed by atoms with Crippen LogP contribution < -0.4 is 5.32 Å². The average Bonchev–Trinajstić information content (AvgIpc) is 2.29. The van der Waals surface area contributed by atoms with Gasteiger partial charge in [-0.3, -0.25) is 0 Å². The van der Waals surface area contributed by atoms with E-state index in [0.717, 1.165) is 18.8 Å². The summed E-state index contributed by atoms with van der Waals surface area (Å²) in [5.41, 5.74) is 3.22. The predicted molar refractivity (Wildman–Crippen MR) is 69.1 cm³/mol. The minimum Gasteiger partial charge on any atom is -0.369 e. The van der Waals surface area contributed by atoms with Crippen LogP contribution in [-0.4, -0.2) is 11.5 Å². The fourth-order valence-electron chi connectivity index (χ4n) is 2.56. The second-order valence-corrected chi connectivity index (χ2v) is 5.27. The van der Waals surface area contributed by atoms with Crippen LogP contribution >= 0.6 is 0 Å². The van der Waals surface area contributed by atoms with Crippen molar-refractivity contribution < 1.29 is 0 Å². The summed E-state index contributed by atoms with van der Waals surface area (Å²) >= 11 is 0. The van der Waals surface area contributed by atoms with Gasteiger partial charge in [-0.25, -0.2) is 4.98 Å². The largest absolute Gasteiger partial charge is 0.369 e. The summed E-state index contributed by atoms with van der Waals surface area (Å²) < 4.78 is 0. The van der Waals surface area contributed by atoms with E-state index in [1.807, 2.05) is 13.0 Å². The van der Waals surface area contributed by atoms with E-state index in [-0.39, 0.29) is 5.41 Å². The number of anilines is 1. The Hall–Kier alpha value is -1.56. The number of pyridine rings is 1. The van der Waals surface area contributed by atoms with E-state index < -0.39 is 0 Å². The van der Waals surface area contributed by atoms with Crippen molar-refractivity contribution in [1.29, 1.82) is 5.26 Å². The molecule has 90 valence electrons. The third-order valence-corrected chi connectivity index (χ3v) is 3.46. The first-order valence-electron chi connectivity index (χ1n) is 6.27. The molecular formula is C14H19N3. The fraction of sp³-hybridized carbons (Fsp3) is 0.571. The normalized spacial score (nSPS) is 17.1. The second-order valence-electron chi connectivity index (χ2n) is 5.27. The Labute approximate surface area is 103 Å². The predicted octanol–water partition coefficient (Wildman–Crippen LogP) is 3.00. The van der Waals surface area contributed by atoms with Crippen molar-refractivity contribution in [3.63, 3.8) is 0 Å². The van der Waals surface area contributed by atoms with Crippen LogP contribution in [0.15, 0.2) is 6.07 Å². The molecule has 1 heterocycles. The molecule has 2 rings (SSSR count). The second kappa shape index (κ2) is 4.37. The summed E-state index contributed by atoms with van der Waals surface area (Å²) in [5.74, 6) is 0.740. The van der Waals surface area contributed by atoms with Crippen molar-refractivity contribution in [3.05, 3.63) is 22.9 Å². The van der Waals surface area contributed by atoms with Crippen LogP contribution in [0.4, 0.5) is 5.82 Å². The number of fused-ring (bicyclic) bond motifs is 1. The van der Waals surface area contributed by atoms with Gasteiger partial charge in [0.25, 0.3) is 0 Å². The van der Waals surface area contributed by atoms with Crippen LogP contribution in [0.5, 0.6) is 0 Å². The molecule has 0 bridgehead atoms. The quantitative estimate of drug-likeness (QED) is 0.848. The Morgan fingerprint density at radius 1 is 1.53 bits per heavy atom. The summed E-state index contributed by atoms with van der Waals surface area (Å²) in [4.78, 5) is 4.69. The van der Waals surface area contributed by atoms with Gasteiger partial charge in [0.05, 0.1) is 11.3 Å². The first-order valence-corrected chi connectivity index (χ1v) is 6.27. The molecule has 0 aromatic carbocycles. The van der Waals surface area contributed by atoms with Gasteiger partial charge in [0.2, 0.25) is 0 Å². The first-order chi connectivity index (χ1) is 8.08. The average molecular weight is 229 g/mol. The number of hydrogen-bond donors (Lipinski definition) is 1. The third kappa shape index (κ3) is 2.12. The Morgan fingerprint density at radius 3 is 2.94 bits per heavy atom. The number of hydrogen-bond acceptors (Lipinski definition) is 3. The molecule has 1 N–H and O–H groups in total. The van der Waals surface area contributed by atoms with Gasteiger partial charge < -0.3 is 5.32 Å². The molecule has 0 spiro atoms. The maximum atomic E-state index is 9.15. The van der Waals surface area contributed by atoms with E-state index in [0.29, 0.717) is 5.56 Å². The lowest BCUT2D eigenvalue weighted by molar-refractivity contribution is 0.418. The van der Waals surface area contributed by atoms with Gasteiger partial charge in [-0.05, 0) is 37.8 Å². The highest BCUT2D eigenvalue weighted by atomic mass is 15.0. The monoisotopic (exact) mass is 229 g/mol. The van der Waals surface area contributed by atoms with E-state index in [2.05, 4.69) is 25.2 Å². The Morgan fingerprint density at radius 2 is 2.29 bits per heavy atom. The van der Waals surface area contributed by atoms with Gasteiger partial charge >= 0.3 is 0 Å². The highest BCUT2D eigenvalue weighted by Crippen LogP contribution is 2.36. The van der Waals surface area contributed by atoms with E-state index in [4.69, 9.17) is 10.2 Å². The number of nitrogens with one attached hydrogen (secondary N) is 1. The zero-order chi connectivity index (χ0) is 12.5. The summed E-state index contributed by atoms with van der Waals surface area (Å²) in [6.07, 6.45) is 3.41. The zero-order valence-corrected chi connectivity index (χ0v) is 10.8. The Balaban J connectivity index is 2.55. The van der Waals surface area contributed by atoms with Gasteiger partial charge in [0, 0.05) is 12.0 Å². The van der Waals surface area contributed by atoms with Crippen LogP contribution in [0.25, 0.3) is 0 Å². The van der Waals surface area contributed by atoms with Crippen LogP contribution in [0, 0.1) is 11.3 Å². The number of nitrogens with zero attached hydrogens (tertiary/aromatic N) is 2. The Kier molecular flexibility index (Phi) is 3.06. The van der Waals surface area contributed by atoms with Crippen molar-refractivity contribution in [1.82, 2.24) is 4.98 Å². The molecule has 3 nitrogen and oxygen atoms in total. The molecule has 0 aliphatic heterocycles. The maximum Gasteiger partial charge on any atom is 0.144 e. The van der Waals surface area contributed by atoms with Crippen molar-refractivity contribution in [2.75, 3.05) is 11.9 Å². The van der Waals surface area contributed by atoms with E-state index in [1.54, 1.807) is 0 Å². The number of rotatable bonds is 2. The molecule has 0 saturated carbocycles. The number of aromatic nitrogens is 1. The maximum absolute atomic E-state index is 9.15. The number of aryl methyl sites for hydroxylation is 1. The fourth-order valence-corrected chi connectivity index (χ4v) is 2.56. The minimum absolute atomic E-state index is 0.131. The van der Waals surface area contributed by atoms with Crippen LogP contribution in [0.1, 0.15) is 50.4 Å². The molecule has 0 atom stereocenters. The topological polar surface area (TPSA) is 48.7 Å². The first kappa shape index (κ1) is 11.9. The lowest BCUT2D eigenvalue weighted by atomic mass is 9.75. The van der Waals surface area contributed by atoms with E-state index >= 15 is 0 Å². The van der Waals surface area contributed by atoms with Gasteiger partial charge in [-0.2, -0.15) is 5.26 Å². The molecule has 1 aliphatic rings. The highest BCUT2D eigenvalue weighted by molar-refractivity contribution is 5.55. The van der Waals surface area contributed by atoms with Crippen molar-refractivity contribution in [2.24, 2.45) is 0 Å². The standard InChI is InChI=1S/C14H19N3/c1-4-16-13-11(9-15)8-10-6-5-7-14(2,3)12(10)17-13/h8H,4-7H2,1-3H3,(H,16,17). The minimum atomic E-state index is 0.131. The van der Waals surface area contributed by atoms with Gasteiger partial charge in [0.1, 0.15) is 11.9 Å². The van der Waals surface area contributed by atoms with E-state index in [9.17, 15) is 0 Å². The molecule has 17 heavy (non-hydrogen) atoms. The summed E-state index contributed by atoms with van der Waals surface area (Å²) in [6.45, 7) is 7.29. The third-order valence-electron chi connectivity index (χ3n) is 3.46. The molecule has 1 aromatic heterocycles. The molecule has 0 amide bonds. The summed E-state index contributed by atoms with van der Waals surface area (Å²) in [5, 5.41) is 12.3. The SMILES string of the molecule is CCNc1nc2c(cc1C#N)CCCC2(C)C. The van der Waals surface area contributed by atoms with Crippen LogP contribution in [0.3, 0.4) is 0 Å². The highest BCUT2D eigenvalue weighted by Gasteiger charge is 2.30. The van der Waals surface area contributed by atoms with Crippen molar-refractivity contribution in [3.8, 4) is 6.07 Å². The Bertz CT molecular complexity index is 469.